The van der Waals surface area contributed by atoms with E-state index < -0.39 is 10.0 Å². The van der Waals surface area contributed by atoms with Crippen LogP contribution in [-0.4, -0.2) is 37.9 Å². The Bertz CT molecular complexity index is 989. The lowest BCUT2D eigenvalue weighted by molar-refractivity contribution is -0.126. The van der Waals surface area contributed by atoms with Crippen molar-refractivity contribution < 1.29 is 13.2 Å². The third-order valence-corrected chi connectivity index (χ3v) is 7.39. The molecule has 3 rings (SSSR count). The highest BCUT2D eigenvalue weighted by atomic mass is 32.2. The Morgan fingerprint density at radius 3 is 2.23 bits per heavy atom. The van der Waals surface area contributed by atoms with Crippen LogP contribution in [0, 0.1) is 12.8 Å². The molecular weight excluding hydrogens is 398 g/mol. The van der Waals surface area contributed by atoms with Gasteiger partial charge in [0.25, 0.3) is 0 Å². The molecule has 0 aromatic heterocycles. The molecule has 7 heteroatoms. The Hall–Kier alpha value is -2.51. The molecule has 0 saturated carbocycles. The zero-order chi connectivity index (χ0) is 21.7. The standard InChI is InChI=1S/C23H29N3O3S/c1-17(2)20-8-6-19(7-9-20)16-24-25-23(27)21-12-14-26(15-13-21)30(28,29)22-10-4-18(3)5-11-22/h4-11,16-17,21H,12-15H2,1-3H3,(H,25,27)/b24-16-. The van der Waals surface area contributed by atoms with E-state index in [4.69, 9.17) is 0 Å². The number of hydrogen-bond acceptors (Lipinski definition) is 4. The third kappa shape index (κ3) is 5.34. The molecule has 1 amide bonds. The summed E-state index contributed by atoms with van der Waals surface area (Å²) in [6, 6.07) is 14.9. The molecule has 1 aliphatic heterocycles. The summed E-state index contributed by atoms with van der Waals surface area (Å²) in [5.41, 5.74) is 5.78. The molecular formula is C23H29N3O3S. The molecule has 2 aromatic rings. The van der Waals surface area contributed by atoms with E-state index in [2.05, 4.69) is 36.5 Å². The second kappa shape index (κ2) is 9.53. The van der Waals surface area contributed by atoms with Crippen LogP contribution in [-0.2, 0) is 14.8 Å². The van der Waals surface area contributed by atoms with Gasteiger partial charge in [0.15, 0.2) is 0 Å². The van der Waals surface area contributed by atoms with Crippen LogP contribution in [0.2, 0.25) is 0 Å². The van der Waals surface area contributed by atoms with Gasteiger partial charge in [0.05, 0.1) is 11.1 Å². The fourth-order valence-electron chi connectivity index (χ4n) is 3.45. The summed E-state index contributed by atoms with van der Waals surface area (Å²) in [6.07, 6.45) is 2.59. The van der Waals surface area contributed by atoms with Crippen molar-refractivity contribution in [3.8, 4) is 0 Å². The number of rotatable bonds is 6. The van der Waals surface area contributed by atoms with Crippen molar-refractivity contribution >= 4 is 22.1 Å². The first-order chi connectivity index (χ1) is 14.3. The number of hydrogen-bond donors (Lipinski definition) is 1. The fourth-order valence-corrected chi connectivity index (χ4v) is 4.92. The molecule has 6 nitrogen and oxygen atoms in total. The van der Waals surface area contributed by atoms with Crippen molar-refractivity contribution in [2.75, 3.05) is 13.1 Å². The zero-order valence-corrected chi connectivity index (χ0v) is 18.5. The van der Waals surface area contributed by atoms with Crippen LogP contribution < -0.4 is 5.43 Å². The molecule has 0 spiro atoms. The number of sulfonamides is 1. The number of hydrazone groups is 1. The van der Waals surface area contributed by atoms with E-state index in [1.54, 1.807) is 30.5 Å². The Morgan fingerprint density at radius 2 is 1.67 bits per heavy atom. The van der Waals surface area contributed by atoms with Crippen molar-refractivity contribution in [3.05, 3.63) is 65.2 Å². The maximum Gasteiger partial charge on any atom is 0.243 e. The molecule has 0 atom stereocenters. The minimum absolute atomic E-state index is 0.169. The van der Waals surface area contributed by atoms with Crippen LogP contribution in [0.1, 0.15) is 49.3 Å². The van der Waals surface area contributed by atoms with E-state index in [0.717, 1.165) is 11.1 Å². The average molecular weight is 428 g/mol. The van der Waals surface area contributed by atoms with Gasteiger partial charge < -0.3 is 0 Å². The van der Waals surface area contributed by atoms with E-state index in [1.165, 1.54) is 9.87 Å². The Labute approximate surface area is 179 Å². The van der Waals surface area contributed by atoms with Gasteiger partial charge in [-0.25, -0.2) is 13.8 Å². The molecule has 0 unspecified atom stereocenters. The first kappa shape index (κ1) is 22.2. The fraction of sp³-hybridized carbons (Fsp3) is 0.391. The van der Waals surface area contributed by atoms with Gasteiger partial charge in [-0.3, -0.25) is 4.79 Å². The molecule has 160 valence electrons. The molecule has 1 heterocycles. The van der Waals surface area contributed by atoms with Crippen molar-refractivity contribution in [2.45, 2.75) is 44.4 Å². The van der Waals surface area contributed by atoms with Gasteiger partial charge in [0.1, 0.15) is 0 Å². The SMILES string of the molecule is Cc1ccc(S(=O)(=O)N2CCC(C(=O)N/N=C\c3ccc(C(C)C)cc3)CC2)cc1. The van der Waals surface area contributed by atoms with Crippen molar-refractivity contribution in [3.63, 3.8) is 0 Å². The maximum atomic E-state index is 12.8. The molecule has 0 aliphatic carbocycles. The smallest absolute Gasteiger partial charge is 0.243 e. The van der Waals surface area contributed by atoms with Gasteiger partial charge in [0.2, 0.25) is 15.9 Å². The summed E-state index contributed by atoms with van der Waals surface area (Å²) in [5, 5.41) is 4.06. The van der Waals surface area contributed by atoms with Crippen LogP contribution in [0.15, 0.2) is 58.5 Å². The summed E-state index contributed by atoms with van der Waals surface area (Å²) < 4.78 is 27.0. The number of nitrogens with zero attached hydrogens (tertiary/aromatic N) is 2. The van der Waals surface area contributed by atoms with Crippen LogP contribution in [0.25, 0.3) is 0 Å². The van der Waals surface area contributed by atoms with Crippen LogP contribution in [0.3, 0.4) is 0 Å². The summed E-state index contributed by atoms with van der Waals surface area (Å²) in [5.74, 6) is 0.0590. The Kier molecular flexibility index (Phi) is 7.05. The Balaban J connectivity index is 1.52. The third-order valence-electron chi connectivity index (χ3n) is 5.47. The summed E-state index contributed by atoms with van der Waals surface area (Å²) in [7, 11) is -3.52. The highest BCUT2D eigenvalue weighted by Gasteiger charge is 2.31. The number of carbonyl (C=O) groups excluding carboxylic acids is 1. The summed E-state index contributed by atoms with van der Waals surface area (Å²) >= 11 is 0. The Morgan fingerprint density at radius 1 is 1.07 bits per heavy atom. The molecule has 0 radical (unpaired) electrons. The molecule has 0 bridgehead atoms. The predicted molar refractivity (Wildman–Crippen MR) is 119 cm³/mol. The summed E-state index contributed by atoms with van der Waals surface area (Å²) in [4.78, 5) is 12.7. The molecule has 30 heavy (non-hydrogen) atoms. The predicted octanol–water partition coefficient (Wildman–Crippen LogP) is 3.67. The highest BCUT2D eigenvalue weighted by molar-refractivity contribution is 7.89. The van der Waals surface area contributed by atoms with Gasteiger partial charge in [-0.05, 0) is 48.9 Å². The summed E-state index contributed by atoms with van der Waals surface area (Å²) in [6.45, 7) is 6.86. The first-order valence-electron chi connectivity index (χ1n) is 10.3. The van der Waals surface area contributed by atoms with Crippen molar-refractivity contribution in [1.82, 2.24) is 9.73 Å². The van der Waals surface area contributed by atoms with Gasteiger partial charge >= 0.3 is 0 Å². The number of piperidine rings is 1. The first-order valence-corrected chi connectivity index (χ1v) is 11.7. The van der Waals surface area contributed by atoms with Crippen LogP contribution in [0.5, 0.6) is 0 Å². The lowest BCUT2D eigenvalue weighted by Crippen LogP contribution is -2.42. The van der Waals surface area contributed by atoms with E-state index in [0.29, 0.717) is 36.7 Å². The normalized spacial score (nSPS) is 16.3. The maximum absolute atomic E-state index is 12.8. The van der Waals surface area contributed by atoms with Crippen molar-refractivity contribution in [2.24, 2.45) is 11.0 Å². The quantitative estimate of drug-likeness (QED) is 0.564. The molecule has 2 aromatic carbocycles. The number of amides is 1. The van der Waals surface area contributed by atoms with E-state index in [-0.39, 0.29) is 11.8 Å². The van der Waals surface area contributed by atoms with E-state index in [9.17, 15) is 13.2 Å². The molecule has 1 aliphatic rings. The van der Waals surface area contributed by atoms with E-state index in [1.807, 2.05) is 19.1 Å². The topological polar surface area (TPSA) is 78.8 Å². The average Bonchev–Trinajstić information content (AvgIpc) is 2.74. The van der Waals surface area contributed by atoms with Crippen molar-refractivity contribution in [1.29, 1.82) is 0 Å². The zero-order valence-electron chi connectivity index (χ0n) is 17.7. The molecule has 1 N–H and O–H groups in total. The van der Waals surface area contributed by atoms with Crippen LogP contribution in [0.4, 0.5) is 0 Å². The van der Waals surface area contributed by atoms with Gasteiger partial charge in [0, 0.05) is 19.0 Å². The number of nitrogens with one attached hydrogen (secondary N) is 1. The van der Waals surface area contributed by atoms with E-state index >= 15 is 0 Å². The number of carbonyl (C=O) groups is 1. The van der Waals surface area contributed by atoms with Gasteiger partial charge in [-0.1, -0.05) is 55.8 Å². The second-order valence-corrected chi connectivity index (χ2v) is 9.98. The number of aryl methyl sites for hydroxylation is 1. The van der Waals surface area contributed by atoms with Gasteiger partial charge in [-0.15, -0.1) is 0 Å². The lowest BCUT2D eigenvalue weighted by atomic mass is 9.98. The second-order valence-electron chi connectivity index (χ2n) is 8.05. The number of benzene rings is 2. The minimum atomic E-state index is -3.52. The molecule has 1 saturated heterocycles. The lowest BCUT2D eigenvalue weighted by Gasteiger charge is -2.30. The molecule has 1 fully saturated rings. The van der Waals surface area contributed by atoms with Crippen LogP contribution >= 0.6 is 0 Å². The monoisotopic (exact) mass is 427 g/mol. The van der Waals surface area contributed by atoms with Gasteiger partial charge in [-0.2, -0.15) is 9.41 Å². The minimum Gasteiger partial charge on any atom is -0.273 e. The highest BCUT2D eigenvalue weighted by Crippen LogP contribution is 2.24. The largest absolute Gasteiger partial charge is 0.273 e.